The minimum atomic E-state index is 1.18. The van der Waals surface area contributed by atoms with Crippen LogP contribution in [0.2, 0.25) is 0 Å². The molecular weight excluding hydrogens is 148 g/mol. The van der Waals surface area contributed by atoms with Gasteiger partial charge in [-0.1, -0.05) is 12.2 Å². The van der Waals surface area contributed by atoms with Gasteiger partial charge in [-0.3, -0.25) is 0 Å². The number of rotatable bonds is 3. The summed E-state index contributed by atoms with van der Waals surface area (Å²) in [6.45, 7) is 4.80. The van der Waals surface area contributed by atoms with Gasteiger partial charge in [-0.05, 0) is 25.2 Å². The lowest BCUT2D eigenvalue weighted by atomic mass is 10.4. The molecule has 2 nitrogen and oxygen atoms in total. The van der Waals surface area contributed by atoms with Gasteiger partial charge in [0.2, 0.25) is 0 Å². The van der Waals surface area contributed by atoms with Crippen LogP contribution in [0.3, 0.4) is 0 Å². The summed E-state index contributed by atoms with van der Waals surface area (Å²) in [4.78, 5) is 4.79. The van der Waals surface area contributed by atoms with Gasteiger partial charge in [-0.15, -0.1) is 0 Å². The van der Waals surface area contributed by atoms with Crippen LogP contribution in [0.15, 0.2) is 24.6 Å². The first-order valence-corrected chi connectivity index (χ1v) is 4.76. The van der Waals surface area contributed by atoms with Crippen LogP contribution in [0.5, 0.6) is 0 Å². The van der Waals surface area contributed by atoms with E-state index in [4.69, 9.17) is 0 Å². The molecule has 0 saturated carbocycles. The van der Waals surface area contributed by atoms with Crippen LogP contribution in [-0.2, 0) is 0 Å². The van der Waals surface area contributed by atoms with Gasteiger partial charge in [0.15, 0.2) is 0 Å². The van der Waals surface area contributed by atoms with Gasteiger partial charge in [0.05, 0.1) is 0 Å². The number of nitrogens with zero attached hydrogens (tertiary/aromatic N) is 2. The molecule has 0 amide bonds. The predicted molar refractivity (Wildman–Crippen MR) is 50.7 cm³/mol. The molecular formula is C10H16N2. The van der Waals surface area contributed by atoms with Crippen LogP contribution < -0.4 is 0 Å². The SMILES string of the molecule is C1=CN(CCN2C=CCC2)CC1. The van der Waals surface area contributed by atoms with Crippen LogP contribution >= 0.6 is 0 Å². The highest BCUT2D eigenvalue weighted by molar-refractivity contribution is 4.94. The normalized spacial score (nSPS) is 21.3. The second-order valence-corrected chi connectivity index (χ2v) is 3.42. The summed E-state index contributed by atoms with van der Waals surface area (Å²) in [5, 5.41) is 0. The first kappa shape index (κ1) is 7.71. The van der Waals surface area contributed by atoms with E-state index in [0.717, 1.165) is 0 Å². The van der Waals surface area contributed by atoms with Gasteiger partial charge in [-0.25, -0.2) is 0 Å². The van der Waals surface area contributed by atoms with Crippen LogP contribution in [0, 0.1) is 0 Å². The van der Waals surface area contributed by atoms with Crippen molar-refractivity contribution in [2.75, 3.05) is 26.2 Å². The van der Waals surface area contributed by atoms with Crippen molar-refractivity contribution in [3.05, 3.63) is 24.6 Å². The van der Waals surface area contributed by atoms with Gasteiger partial charge in [0, 0.05) is 26.2 Å². The minimum absolute atomic E-state index is 1.18. The van der Waals surface area contributed by atoms with E-state index in [9.17, 15) is 0 Å². The Hall–Kier alpha value is -0.920. The summed E-state index contributed by atoms with van der Waals surface area (Å²) in [5.74, 6) is 0. The van der Waals surface area contributed by atoms with E-state index in [1.165, 1.54) is 39.0 Å². The highest BCUT2D eigenvalue weighted by atomic mass is 15.2. The Bertz CT molecular complexity index is 174. The Labute approximate surface area is 74.2 Å². The van der Waals surface area contributed by atoms with Crippen molar-refractivity contribution in [2.24, 2.45) is 0 Å². The van der Waals surface area contributed by atoms with Crippen LogP contribution in [0.1, 0.15) is 12.8 Å². The van der Waals surface area contributed by atoms with Crippen molar-refractivity contribution in [3.8, 4) is 0 Å². The molecule has 0 fully saturated rings. The molecule has 0 spiro atoms. The fourth-order valence-corrected chi connectivity index (χ4v) is 1.71. The molecule has 2 heterocycles. The summed E-state index contributed by atoms with van der Waals surface area (Å²) in [6, 6.07) is 0. The molecule has 0 N–H and O–H groups in total. The van der Waals surface area contributed by atoms with Crippen molar-refractivity contribution in [1.29, 1.82) is 0 Å². The molecule has 0 aromatic rings. The Morgan fingerprint density at radius 2 is 1.33 bits per heavy atom. The largest absolute Gasteiger partial charge is 0.376 e. The fraction of sp³-hybridized carbons (Fsp3) is 0.600. The second kappa shape index (κ2) is 3.65. The second-order valence-electron chi connectivity index (χ2n) is 3.42. The van der Waals surface area contributed by atoms with Crippen molar-refractivity contribution in [3.63, 3.8) is 0 Å². The molecule has 0 atom stereocenters. The summed E-state index contributed by atoms with van der Waals surface area (Å²) >= 11 is 0. The zero-order valence-corrected chi connectivity index (χ0v) is 7.45. The van der Waals surface area contributed by atoms with Gasteiger partial charge in [0.1, 0.15) is 0 Å². The lowest BCUT2D eigenvalue weighted by molar-refractivity contribution is 0.322. The smallest absolute Gasteiger partial charge is 0.0348 e. The third-order valence-corrected chi connectivity index (χ3v) is 2.47. The van der Waals surface area contributed by atoms with Crippen molar-refractivity contribution >= 4 is 0 Å². The molecule has 0 bridgehead atoms. The lowest BCUT2D eigenvalue weighted by Crippen LogP contribution is -2.27. The van der Waals surface area contributed by atoms with Gasteiger partial charge >= 0.3 is 0 Å². The van der Waals surface area contributed by atoms with E-state index in [0.29, 0.717) is 0 Å². The maximum atomic E-state index is 2.40. The number of hydrogen-bond acceptors (Lipinski definition) is 2. The van der Waals surface area contributed by atoms with Gasteiger partial charge in [-0.2, -0.15) is 0 Å². The van der Waals surface area contributed by atoms with Gasteiger partial charge in [0.25, 0.3) is 0 Å². The standard InChI is InChI=1S/C10H16N2/c1-2-6-11(5-1)9-10-12-7-3-4-8-12/h1,3,5,7H,2,4,6,8-10H2. The first-order valence-electron chi connectivity index (χ1n) is 4.76. The predicted octanol–water partition coefficient (Wildman–Crippen LogP) is 1.43. The van der Waals surface area contributed by atoms with E-state index in [2.05, 4.69) is 34.4 Å². The minimum Gasteiger partial charge on any atom is -0.376 e. The monoisotopic (exact) mass is 164 g/mol. The third kappa shape index (κ3) is 1.81. The van der Waals surface area contributed by atoms with E-state index >= 15 is 0 Å². The molecule has 0 radical (unpaired) electrons. The highest BCUT2D eigenvalue weighted by Gasteiger charge is 2.07. The Morgan fingerprint density at radius 3 is 1.67 bits per heavy atom. The molecule has 66 valence electrons. The Morgan fingerprint density at radius 1 is 0.833 bits per heavy atom. The molecule has 0 aliphatic carbocycles. The summed E-state index contributed by atoms with van der Waals surface area (Å²) in [7, 11) is 0. The van der Waals surface area contributed by atoms with Crippen molar-refractivity contribution in [1.82, 2.24) is 9.80 Å². The summed E-state index contributed by atoms with van der Waals surface area (Å²) in [6.07, 6.45) is 11.4. The fourth-order valence-electron chi connectivity index (χ4n) is 1.71. The Balaban J connectivity index is 1.67. The zero-order chi connectivity index (χ0) is 8.23. The van der Waals surface area contributed by atoms with Crippen LogP contribution in [0.25, 0.3) is 0 Å². The Kier molecular flexibility index (Phi) is 2.35. The summed E-state index contributed by atoms with van der Waals surface area (Å²) < 4.78 is 0. The van der Waals surface area contributed by atoms with E-state index in [-0.39, 0.29) is 0 Å². The first-order chi connectivity index (χ1) is 5.95. The topological polar surface area (TPSA) is 6.48 Å². The van der Waals surface area contributed by atoms with E-state index in [1.54, 1.807) is 0 Å². The molecule has 2 heteroatoms. The molecule has 0 aromatic carbocycles. The zero-order valence-electron chi connectivity index (χ0n) is 7.45. The van der Waals surface area contributed by atoms with Crippen LogP contribution in [0.4, 0.5) is 0 Å². The van der Waals surface area contributed by atoms with Crippen molar-refractivity contribution in [2.45, 2.75) is 12.8 Å². The molecule has 2 aliphatic heterocycles. The van der Waals surface area contributed by atoms with Crippen molar-refractivity contribution < 1.29 is 0 Å². The molecule has 12 heavy (non-hydrogen) atoms. The maximum Gasteiger partial charge on any atom is 0.0348 e. The average molecular weight is 164 g/mol. The average Bonchev–Trinajstić information content (AvgIpc) is 2.74. The molecule has 0 saturated heterocycles. The highest BCUT2D eigenvalue weighted by Crippen LogP contribution is 2.06. The molecule has 0 unspecified atom stereocenters. The maximum absolute atomic E-state index is 2.40. The summed E-state index contributed by atoms with van der Waals surface area (Å²) in [5.41, 5.74) is 0. The molecule has 2 aliphatic rings. The van der Waals surface area contributed by atoms with Gasteiger partial charge < -0.3 is 9.80 Å². The molecule has 0 aromatic heterocycles. The number of hydrogen-bond donors (Lipinski definition) is 0. The van der Waals surface area contributed by atoms with E-state index in [1.807, 2.05) is 0 Å². The van der Waals surface area contributed by atoms with E-state index < -0.39 is 0 Å². The lowest BCUT2D eigenvalue weighted by Gasteiger charge is -2.20. The third-order valence-electron chi connectivity index (χ3n) is 2.47. The van der Waals surface area contributed by atoms with Crippen LogP contribution in [-0.4, -0.2) is 36.0 Å². The quantitative estimate of drug-likeness (QED) is 0.622. The molecule has 2 rings (SSSR count).